The zero-order valence-corrected chi connectivity index (χ0v) is 23.5. The van der Waals surface area contributed by atoms with Crippen molar-refractivity contribution in [3.63, 3.8) is 0 Å². The average Bonchev–Trinajstić information content (AvgIpc) is 3.18. The largest absolute Gasteiger partial charge is 0.481 e. The summed E-state index contributed by atoms with van der Waals surface area (Å²) in [6.07, 6.45) is 20.6. The molecule has 216 valence electrons. The molecular formula is C31H50O7. The Kier molecular flexibility index (Phi) is 14.1. The topological polar surface area (TPSA) is 94.5 Å². The van der Waals surface area contributed by atoms with E-state index in [0.29, 0.717) is 12.8 Å². The highest BCUT2D eigenvalue weighted by molar-refractivity contribution is 5.66. The third kappa shape index (κ3) is 11.3. The highest BCUT2D eigenvalue weighted by atomic mass is 16.7. The summed E-state index contributed by atoms with van der Waals surface area (Å²) in [6, 6.07) is 0. The minimum absolute atomic E-state index is 0.0277. The third-order valence-electron chi connectivity index (χ3n) is 7.71. The van der Waals surface area contributed by atoms with Gasteiger partial charge < -0.3 is 29.2 Å². The van der Waals surface area contributed by atoms with E-state index in [1.165, 1.54) is 5.57 Å². The van der Waals surface area contributed by atoms with Gasteiger partial charge in [-0.2, -0.15) is 0 Å². The van der Waals surface area contributed by atoms with Crippen molar-refractivity contribution < 1.29 is 34.0 Å². The van der Waals surface area contributed by atoms with Gasteiger partial charge in [-0.3, -0.25) is 4.79 Å². The minimum atomic E-state index is -0.764. The first-order chi connectivity index (χ1) is 18.4. The van der Waals surface area contributed by atoms with Crippen molar-refractivity contribution in [2.75, 3.05) is 13.2 Å². The van der Waals surface area contributed by atoms with Gasteiger partial charge in [-0.1, -0.05) is 36.0 Å². The quantitative estimate of drug-likeness (QED) is 0.188. The van der Waals surface area contributed by atoms with Gasteiger partial charge in [0.2, 0.25) is 0 Å². The van der Waals surface area contributed by atoms with Gasteiger partial charge >= 0.3 is 5.97 Å². The predicted octanol–water partition coefficient (Wildman–Crippen LogP) is 6.31. The molecule has 0 spiro atoms. The fraction of sp³-hybridized carbons (Fsp3) is 0.774. The normalized spacial score (nSPS) is 31.1. The maximum Gasteiger partial charge on any atom is 0.303 e. The Bertz CT molecular complexity index is 760. The number of allylic oxidation sites excluding steroid dienone is 4. The number of rotatable bonds is 15. The van der Waals surface area contributed by atoms with Crippen LogP contribution in [-0.2, 0) is 23.7 Å². The summed E-state index contributed by atoms with van der Waals surface area (Å²) in [5.74, 6) is -0.694. The van der Waals surface area contributed by atoms with E-state index in [1.54, 1.807) is 0 Å². The number of hydrogen-bond acceptors (Lipinski definition) is 6. The van der Waals surface area contributed by atoms with Gasteiger partial charge in [0.05, 0.1) is 18.3 Å². The molecular weight excluding hydrogens is 484 g/mol. The lowest BCUT2D eigenvalue weighted by Gasteiger charge is -2.30. The number of aliphatic carboxylic acids is 1. The van der Waals surface area contributed by atoms with E-state index in [4.69, 9.17) is 24.1 Å². The number of aliphatic hydroxyl groups is 1. The lowest BCUT2D eigenvalue weighted by atomic mass is 9.89. The third-order valence-corrected chi connectivity index (χ3v) is 7.71. The summed E-state index contributed by atoms with van der Waals surface area (Å²) >= 11 is 0. The van der Waals surface area contributed by atoms with Crippen LogP contribution in [0.2, 0.25) is 0 Å². The van der Waals surface area contributed by atoms with Crippen LogP contribution in [0.5, 0.6) is 0 Å². The molecule has 3 fully saturated rings. The molecule has 1 saturated carbocycles. The van der Waals surface area contributed by atoms with Crippen molar-refractivity contribution >= 4 is 5.97 Å². The molecule has 2 aliphatic heterocycles. The minimum Gasteiger partial charge on any atom is -0.481 e. The molecule has 7 atom stereocenters. The summed E-state index contributed by atoms with van der Waals surface area (Å²) in [6.45, 7) is 5.71. The van der Waals surface area contributed by atoms with E-state index in [0.717, 1.165) is 77.4 Å². The van der Waals surface area contributed by atoms with Gasteiger partial charge in [-0.25, -0.2) is 0 Å². The zero-order valence-electron chi connectivity index (χ0n) is 23.5. The Hall–Kier alpha value is -1.51. The monoisotopic (exact) mass is 534 g/mol. The van der Waals surface area contributed by atoms with Crippen LogP contribution in [0.25, 0.3) is 0 Å². The van der Waals surface area contributed by atoms with E-state index in [2.05, 4.69) is 38.2 Å². The maximum absolute atomic E-state index is 11.0. The van der Waals surface area contributed by atoms with Gasteiger partial charge in [0.1, 0.15) is 0 Å². The molecule has 3 rings (SSSR count). The van der Waals surface area contributed by atoms with E-state index < -0.39 is 12.1 Å². The Labute approximate surface area is 229 Å². The van der Waals surface area contributed by atoms with Gasteiger partial charge in [0.25, 0.3) is 0 Å². The number of hydrogen-bond donors (Lipinski definition) is 2. The molecule has 2 saturated heterocycles. The van der Waals surface area contributed by atoms with E-state index in [1.807, 2.05) is 6.08 Å². The molecule has 0 aromatic carbocycles. The summed E-state index contributed by atoms with van der Waals surface area (Å²) in [5.41, 5.74) is 1.30. The van der Waals surface area contributed by atoms with E-state index >= 15 is 0 Å². The summed E-state index contributed by atoms with van der Waals surface area (Å²) in [7, 11) is 0. The molecule has 3 unspecified atom stereocenters. The summed E-state index contributed by atoms with van der Waals surface area (Å²) < 4.78 is 24.6. The van der Waals surface area contributed by atoms with Crippen molar-refractivity contribution in [3.8, 4) is 0 Å². The molecule has 2 heterocycles. The Morgan fingerprint density at radius 3 is 2.42 bits per heavy atom. The molecule has 0 aromatic rings. The second-order valence-corrected chi connectivity index (χ2v) is 11.2. The summed E-state index contributed by atoms with van der Waals surface area (Å²) in [4.78, 5) is 10.8. The van der Waals surface area contributed by atoms with Gasteiger partial charge in [0, 0.05) is 32.0 Å². The molecule has 1 aliphatic carbocycles. The van der Waals surface area contributed by atoms with Gasteiger partial charge in [0.15, 0.2) is 12.6 Å². The van der Waals surface area contributed by atoms with E-state index in [-0.39, 0.29) is 43.0 Å². The lowest BCUT2D eigenvalue weighted by molar-refractivity contribution is -0.193. The van der Waals surface area contributed by atoms with Crippen LogP contribution in [-0.4, -0.2) is 60.3 Å². The number of ether oxygens (including phenoxy) is 4. The molecule has 0 bridgehead atoms. The molecule has 0 radical (unpaired) electrons. The van der Waals surface area contributed by atoms with Crippen LogP contribution < -0.4 is 0 Å². The number of unbranched alkanes of at least 4 members (excludes halogenated alkanes) is 1. The molecule has 2 N–H and O–H groups in total. The fourth-order valence-corrected chi connectivity index (χ4v) is 5.60. The van der Waals surface area contributed by atoms with Crippen molar-refractivity contribution in [2.24, 2.45) is 11.8 Å². The van der Waals surface area contributed by atoms with Crippen LogP contribution in [0.4, 0.5) is 0 Å². The predicted molar refractivity (Wildman–Crippen MR) is 148 cm³/mol. The number of aliphatic hydroxyl groups excluding tert-OH is 1. The van der Waals surface area contributed by atoms with Crippen molar-refractivity contribution in [1.82, 2.24) is 0 Å². The Balaban J connectivity index is 1.69. The first-order valence-electron chi connectivity index (χ1n) is 14.8. The molecule has 38 heavy (non-hydrogen) atoms. The first kappa shape index (κ1) is 31.0. The second-order valence-electron chi connectivity index (χ2n) is 11.2. The van der Waals surface area contributed by atoms with E-state index in [9.17, 15) is 9.90 Å². The van der Waals surface area contributed by atoms with Crippen LogP contribution in [0, 0.1) is 11.8 Å². The molecule has 7 nitrogen and oxygen atoms in total. The maximum atomic E-state index is 11.0. The van der Waals surface area contributed by atoms with Crippen LogP contribution in [0.15, 0.2) is 36.0 Å². The lowest BCUT2D eigenvalue weighted by Crippen LogP contribution is -2.31. The Morgan fingerprint density at radius 2 is 1.76 bits per heavy atom. The highest BCUT2D eigenvalue weighted by Crippen LogP contribution is 2.39. The van der Waals surface area contributed by atoms with Crippen LogP contribution in [0.1, 0.15) is 97.3 Å². The first-order valence-corrected chi connectivity index (χ1v) is 14.8. The molecule has 0 amide bonds. The average molecular weight is 535 g/mol. The second kappa shape index (κ2) is 17.2. The smallest absolute Gasteiger partial charge is 0.303 e. The fourth-order valence-electron chi connectivity index (χ4n) is 5.60. The Morgan fingerprint density at radius 1 is 1.03 bits per heavy atom. The number of carboxylic acid groups (broad SMARTS) is 1. The SMILES string of the molecule is CC(C)=CCCC(/C=C/[C@@H]1[C@@H](C/C=C\CCCC(=O)O)[C@@H](O)C[C@H]1OC1CCCCO1)OC1CCCCO1. The molecule has 0 aromatic heterocycles. The van der Waals surface area contributed by atoms with Crippen molar-refractivity contribution in [1.29, 1.82) is 0 Å². The molecule has 3 aliphatic rings. The highest BCUT2D eigenvalue weighted by Gasteiger charge is 2.42. The van der Waals surface area contributed by atoms with Crippen LogP contribution >= 0.6 is 0 Å². The summed E-state index contributed by atoms with van der Waals surface area (Å²) in [5, 5.41) is 19.9. The van der Waals surface area contributed by atoms with Crippen molar-refractivity contribution in [3.05, 3.63) is 36.0 Å². The van der Waals surface area contributed by atoms with Gasteiger partial charge in [-0.15, -0.1) is 0 Å². The number of carboxylic acids is 1. The number of carbonyl (C=O) groups is 1. The zero-order chi connectivity index (χ0) is 27.2. The standard InChI is InChI=1S/C31H50O7/c1-23(2)12-11-13-24(37-30-16-7-9-20-35-30)18-19-26-25(14-5-3-4-6-15-29(33)34)27(32)22-28(26)38-31-17-8-10-21-36-31/h3,5,12,18-19,24-28,30-32H,4,6-11,13-17,20-22H2,1-2H3,(H,33,34)/b5-3-,19-18+/t24?,25-,26-,27+,28-,30?,31?/m1/s1. The van der Waals surface area contributed by atoms with Crippen LogP contribution in [0.3, 0.4) is 0 Å². The van der Waals surface area contributed by atoms with Gasteiger partial charge in [-0.05, 0) is 90.4 Å². The molecule has 7 heteroatoms. The van der Waals surface area contributed by atoms with Crippen molar-refractivity contribution in [2.45, 2.75) is 128 Å².